The van der Waals surface area contributed by atoms with Gasteiger partial charge in [-0.3, -0.25) is 10.1 Å². The van der Waals surface area contributed by atoms with E-state index >= 15 is 0 Å². The van der Waals surface area contributed by atoms with Crippen molar-refractivity contribution in [1.82, 2.24) is 4.72 Å². The van der Waals surface area contributed by atoms with E-state index in [0.29, 0.717) is 12.0 Å². The highest BCUT2D eigenvalue weighted by Gasteiger charge is 2.23. The number of hydrogen-bond acceptors (Lipinski definition) is 4. The van der Waals surface area contributed by atoms with Gasteiger partial charge < -0.3 is 0 Å². The molecule has 19 heavy (non-hydrogen) atoms. The number of benzene rings is 1. The minimum atomic E-state index is -3.46. The molecule has 7 heteroatoms. The van der Waals surface area contributed by atoms with Gasteiger partial charge in [0.1, 0.15) is 0 Å². The molecule has 0 spiro atoms. The molecule has 0 amide bonds. The van der Waals surface area contributed by atoms with Crippen molar-refractivity contribution in [3.05, 3.63) is 39.9 Å². The Balaban J connectivity index is 2.81. The molecular formula is C12H18N2O4S. The molecule has 1 aromatic rings. The molecule has 0 aliphatic heterocycles. The number of nitro benzene ring substituents is 1. The Morgan fingerprint density at radius 1 is 1.26 bits per heavy atom. The zero-order valence-corrected chi connectivity index (χ0v) is 12.0. The molecule has 106 valence electrons. The maximum Gasteiger partial charge on any atom is 0.269 e. The first-order chi connectivity index (χ1) is 8.65. The van der Waals surface area contributed by atoms with Crippen LogP contribution in [0, 0.1) is 10.1 Å². The summed E-state index contributed by atoms with van der Waals surface area (Å²) >= 11 is 0. The Kier molecular flexibility index (Phi) is 4.65. The van der Waals surface area contributed by atoms with Gasteiger partial charge in [0, 0.05) is 17.7 Å². The average Bonchev–Trinajstić information content (AvgIpc) is 2.27. The molecular weight excluding hydrogens is 268 g/mol. The maximum atomic E-state index is 11.9. The van der Waals surface area contributed by atoms with E-state index in [1.165, 1.54) is 24.3 Å². The molecule has 0 radical (unpaired) electrons. The number of sulfonamides is 1. The number of hydrogen-bond donors (Lipinski definition) is 1. The lowest BCUT2D eigenvalue weighted by atomic mass is 10.0. The van der Waals surface area contributed by atoms with Crippen LogP contribution in [0.1, 0.15) is 32.8 Å². The van der Waals surface area contributed by atoms with Gasteiger partial charge in [-0.15, -0.1) is 0 Å². The first kappa shape index (κ1) is 15.6. The summed E-state index contributed by atoms with van der Waals surface area (Å²) < 4.78 is 26.5. The van der Waals surface area contributed by atoms with Gasteiger partial charge in [0.15, 0.2) is 0 Å². The maximum absolute atomic E-state index is 11.9. The van der Waals surface area contributed by atoms with Crippen LogP contribution in [-0.2, 0) is 15.8 Å². The minimum Gasteiger partial charge on any atom is -0.258 e. The summed E-state index contributed by atoms with van der Waals surface area (Å²) in [4.78, 5) is 9.98. The van der Waals surface area contributed by atoms with E-state index in [1.54, 1.807) is 13.8 Å². The normalized spacial score (nSPS) is 12.4. The van der Waals surface area contributed by atoms with Crippen molar-refractivity contribution in [2.24, 2.45) is 0 Å². The van der Waals surface area contributed by atoms with Crippen molar-refractivity contribution < 1.29 is 13.3 Å². The zero-order chi connectivity index (χ0) is 14.7. The topological polar surface area (TPSA) is 89.3 Å². The number of nitro groups is 1. The molecule has 0 unspecified atom stereocenters. The van der Waals surface area contributed by atoms with Gasteiger partial charge in [-0.25, -0.2) is 13.1 Å². The molecule has 0 saturated heterocycles. The van der Waals surface area contributed by atoms with Gasteiger partial charge in [0.25, 0.3) is 5.69 Å². The van der Waals surface area contributed by atoms with E-state index in [2.05, 4.69) is 4.72 Å². The monoisotopic (exact) mass is 286 g/mol. The summed E-state index contributed by atoms with van der Waals surface area (Å²) in [7, 11) is -3.46. The highest BCUT2D eigenvalue weighted by atomic mass is 32.2. The first-order valence-corrected chi connectivity index (χ1v) is 7.55. The Morgan fingerprint density at radius 3 is 2.21 bits per heavy atom. The van der Waals surface area contributed by atoms with Crippen molar-refractivity contribution in [3.8, 4) is 0 Å². The van der Waals surface area contributed by atoms with Crippen molar-refractivity contribution in [1.29, 1.82) is 0 Å². The van der Waals surface area contributed by atoms with Crippen LogP contribution in [-0.4, -0.2) is 18.9 Å². The predicted molar refractivity (Wildman–Crippen MR) is 73.2 cm³/mol. The van der Waals surface area contributed by atoms with Crippen LogP contribution < -0.4 is 4.72 Å². The highest BCUT2D eigenvalue weighted by Crippen LogP contribution is 2.15. The molecule has 0 saturated carbocycles. The van der Waals surface area contributed by atoms with Crippen molar-refractivity contribution in [2.45, 2.75) is 38.5 Å². The lowest BCUT2D eigenvalue weighted by Gasteiger charge is -2.24. The summed E-state index contributed by atoms with van der Waals surface area (Å²) in [5.74, 6) is -0.186. The number of nitrogens with zero attached hydrogens (tertiary/aromatic N) is 1. The van der Waals surface area contributed by atoms with Crippen LogP contribution in [0.3, 0.4) is 0 Å². The lowest BCUT2D eigenvalue weighted by Crippen LogP contribution is -2.43. The summed E-state index contributed by atoms with van der Waals surface area (Å²) in [6, 6.07) is 5.51. The molecule has 0 aromatic heterocycles. The van der Waals surface area contributed by atoms with Crippen LogP contribution in [0.25, 0.3) is 0 Å². The van der Waals surface area contributed by atoms with E-state index in [-0.39, 0.29) is 11.4 Å². The molecule has 0 bridgehead atoms. The third-order valence-corrected chi connectivity index (χ3v) is 4.40. The summed E-state index contributed by atoms with van der Waals surface area (Å²) in [5, 5.41) is 10.5. The third-order valence-electron chi connectivity index (χ3n) is 2.82. The fraction of sp³-hybridized carbons (Fsp3) is 0.500. The molecule has 1 N–H and O–H groups in total. The molecule has 1 aromatic carbocycles. The fourth-order valence-corrected chi connectivity index (χ4v) is 3.15. The number of nitrogens with one attached hydrogen (secondary N) is 1. The van der Waals surface area contributed by atoms with Crippen LogP contribution in [0.2, 0.25) is 0 Å². The van der Waals surface area contributed by atoms with E-state index in [9.17, 15) is 18.5 Å². The SMILES string of the molecule is CCC(C)(C)NS(=O)(=O)Cc1ccc([N+](=O)[O-])cc1. The van der Waals surface area contributed by atoms with E-state index in [4.69, 9.17) is 0 Å². The van der Waals surface area contributed by atoms with E-state index < -0.39 is 20.5 Å². The lowest BCUT2D eigenvalue weighted by molar-refractivity contribution is -0.384. The second-order valence-electron chi connectivity index (χ2n) is 5.02. The van der Waals surface area contributed by atoms with Gasteiger partial charge >= 0.3 is 0 Å². The van der Waals surface area contributed by atoms with Crippen LogP contribution in [0.4, 0.5) is 5.69 Å². The number of non-ortho nitro benzene ring substituents is 1. The first-order valence-electron chi connectivity index (χ1n) is 5.90. The Morgan fingerprint density at radius 2 is 1.79 bits per heavy atom. The standard InChI is InChI=1S/C12H18N2O4S/c1-4-12(2,3)13-19(17,18)9-10-5-7-11(8-6-10)14(15)16/h5-8,13H,4,9H2,1-3H3. The van der Waals surface area contributed by atoms with Crippen molar-refractivity contribution in [2.75, 3.05) is 0 Å². The van der Waals surface area contributed by atoms with Gasteiger partial charge in [0.05, 0.1) is 10.7 Å². The molecule has 0 aliphatic rings. The summed E-state index contributed by atoms with van der Waals surface area (Å²) in [6.45, 7) is 5.51. The van der Waals surface area contributed by atoms with Gasteiger partial charge in [0.2, 0.25) is 10.0 Å². The third kappa shape index (κ3) is 4.96. The van der Waals surface area contributed by atoms with Gasteiger partial charge in [-0.2, -0.15) is 0 Å². The molecule has 0 fully saturated rings. The summed E-state index contributed by atoms with van der Waals surface area (Å²) in [6.07, 6.45) is 0.673. The zero-order valence-electron chi connectivity index (χ0n) is 11.2. The van der Waals surface area contributed by atoms with Crippen molar-refractivity contribution >= 4 is 15.7 Å². The van der Waals surface area contributed by atoms with Crippen LogP contribution in [0.15, 0.2) is 24.3 Å². The van der Waals surface area contributed by atoms with Crippen LogP contribution in [0.5, 0.6) is 0 Å². The predicted octanol–water partition coefficient (Wildman–Crippen LogP) is 2.20. The van der Waals surface area contributed by atoms with E-state index in [1.807, 2.05) is 6.92 Å². The minimum absolute atomic E-state index is 0.0528. The van der Waals surface area contributed by atoms with E-state index in [0.717, 1.165) is 0 Å². The molecule has 1 rings (SSSR count). The number of rotatable bonds is 6. The Labute approximate surface area is 113 Å². The summed E-state index contributed by atoms with van der Waals surface area (Å²) in [5.41, 5.74) is -0.0346. The fourth-order valence-electron chi connectivity index (χ4n) is 1.46. The second kappa shape index (κ2) is 5.66. The second-order valence-corrected chi connectivity index (χ2v) is 6.74. The van der Waals surface area contributed by atoms with Gasteiger partial charge in [-0.05, 0) is 25.8 Å². The quantitative estimate of drug-likeness (QED) is 0.641. The highest BCUT2D eigenvalue weighted by molar-refractivity contribution is 7.88. The smallest absolute Gasteiger partial charge is 0.258 e. The molecule has 0 heterocycles. The Hall–Kier alpha value is -1.47. The average molecular weight is 286 g/mol. The molecule has 6 nitrogen and oxygen atoms in total. The van der Waals surface area contributed by atoms with Crippen LogP contribution >= 0.6 is 0 Å². The largest absolute Gasteiger partial charge is 0.269 e. The van der Waals surface area contributed by atoms with Gasteiger partial charge in [-0.1, -0.05) is 19.1 Å². The molecule has 0 atom stereocenters. The van der Waals surface area contributed by atoms with Crippen molar-refractivity contribution in [3.63, 3.8) is 0 Å². The molecule has 0 aliphatic carbocycles. The Bertz CT molecular complexity index is 550.